The van der Waals surface area contributed by atoms with Crippen LogP contribution < -0.4 is 5.32 Å². The van der Waals surface area contributed by atoms with Gasteiger partial charge in [-0.1, -0.05) is 0 Å². The van der Waals surface area contributed by atoms with Crippen molar-refractivity contribution in [2.75, 3.05) is 52.4 Å². The first kappa shape index (κ1) is 14.7. The molecule has 1 unspecified atom stereocenters. The topological polar surface area (TPSA) is 55.9 Å². The van der Waals surface area contributed by atoms with Crippen LogP contribution in [0.4, 0.5) is 0 Å². The third-order valence-electron chi connectivity index (χ3n) is 4.73. The number of hydrogen-bond donors (Lipinski definition) is 1. The van der Waals surface area contributed by atoms with Crippen molar-refractivity contribution in [1.82, 2.24) is 18.8 Å². The van der Waals surface area contributed by atoms with Gasteiger partial charge in [0.25, 0.3) is 10.2 Å². The van der Waals surface area contributed by atoms with E-state index in [0.29, 0.717) is 32.2 Å². The summed E-state index contributed by atoms with van der Waals surface area (Å²) in [6.45, 7) is 6.61. The molecule has 0 saturated carbocycles. The molecule has 7 heteroatoms. The summed E-state index contributed by atoms with van der Waals surface area (Å²) in [7, 11) is -3.25. The van der Waals surface area contributed by atoms with Crippen molar-refractivity contribution in [3.8, 4) is 0 Å². The molecule has 3 aliphatic heterocycles. The van der Waals surface area contributed by atoms with Crippen LogP contribution in [0, 0.1) is 0 Å². The maximum atomic E-state index is 12.7. The molecule has 0 amide bonds. The SMILES string of the molecule is O=S(=O)(N1CCCNCC1)N1CCC(N2CCCC2)C1. The van der Waals surface area contributed by atoms with Crippen molar-refractivity contribution in [3.05, 3.63) is 0 Å². The predicted octanol–water partition coefficient (Wildman–Crippen LogP) is -0.303. The Morgan fingerprint density at radius 2 is 1.65 bits per heavy atom. The molecular weight excluding hydrogens is 276 g/mol. The molecule has 116 valence electrons. The van der Waals surface area contributed by atoms with Gasteiger partial charge < -0.3 is 5.32 Å². The highest BCUT2D eigenvalue weighted by Gasteiger charge is 2.38. The van der Waals surface area contributed by atoms with Gasteiger partial charge in [0.1, 0.15) is 0 Å². The van der Waals surface area contributed by atoms with Gasteiger partial charge in [0.05, 0.1) is 0 Å². The molecule has 3 saturated heterocycles. The molecule has 0 radical (unpaired) electrons. The van der Waals surface area contributed by atoms with E-state index in [1.807, 2.05) is 0 Å². The zero-order valence-electron chi connectivity index (χ0n) is 12.1. The summed E-state index contributed by atoms with van der Waals surface area (Å²) in [4.78, 5) is 2.47. The number of likely N-dealkylation sites (tertiary alicyclic amines) is 1. The minimum atomic E-state index is -3.25. The van der Waals surface area contributed by atoms with Gasteiger partial charge in [-0.15, -0.1) is 0 Å². The molecule has 3 fully saturated rings. The Kier molecular flexibility index (Phi) is 4.62. The first-order chi connectivity index (χ1) is 9.68. The Bertz CT molecular complexity index is 414. The van der Waals surface area contributed by atoms with Crippen LogP contribution >= 0.6 is 0 Å². The van der Waals surface area contributed by atoms with Crippen LogP contribution in [0.25, 0.3) is 0 Å². The lowest BCUT2D eigenvalue weighted by molar-refractivity contribution is 0.248. The monoisotopic (exact) mass is 302 g/mol. The molecule has 3 rings (SSSR count). The number of nitrogens with zero attached hydrogens (tertiary/aromatic N) is 3. The van der Waals surface area contributed by atoms with Gasteiger partial charge >= 0.3 is 0 Å². The highest BCUT2D eigenvalue weighted by Crippen LogP contribution is 2.24. The molecular formula is C13H26N4O2S. The standard InChI is InChI=1S/C13H26N4O2S/c18-20(19,16-9-3-5-14-6-11-16)17-10-4-13(12-17)15-7-1-2-8-15/h13-14H,1-12H2. The summed E-state index contributed by atoms with van der Waals surface area (Å²) in [6.07, 6.45) is 4.43. The van der Waals surface area contributed by atoms with Gasteiger partial charge in [0.15, 0.2) is 0 Å². The maximum absolute atomic E-state index is 12.7. The summed E-state index contributed by atoms with van der Waals surface area (Å²) in [6, 6.07) is 0.442. The molecule has 6 nitrogen and oxygen atoms in total. The molecule has 1 N–H and O–H groups in total. The van der Waals surface area contributed by atoms with Crippen molar-refractivity contribution in [2.45, 2.75) is 31.7 Å². The average Bonchev–Trinajstić information content (AvgIpc) is 3.04. The lowest BCUT2D eigenvalue weighted by atomic mass is 10.2. The third-order valence-corrected chi connectivity index (χ3v) is 6.74. The fraction of sp³-hybridized carbons (Fsp3) is 1.00. The second-order valence-electron chi connectivity index (χ2n) is 6.05. The minimum absolute atomic E-state index is 0.442. The Balaban J connectivity index is 1.62. The molecule has 3 heterocycles. The first-order valence-electron chi connectivity index (χ1n) is 7.88. The van der Waals surface area contributed by atoms with Crippen LogP contribution in [0.1, 0.15) is 25.7 Å². The van der Waals surface area contributed by atoms with E-state index < -0.39 is 10.2 Å². The first-order valence-corrected chi connectivity index (χ1v) is 9.27. The van der Waals surface area contributed by atoms with Crippen LogP contribution in [-0.4, -0.2) is 80.3 Å². The molecule has 20 heavy (non-hydrogen) atoms. The molecule has 3 aliphatic rings. The summed E-state index contributed by atoms with van der Waals surface area (Å²) < 4.78 is 28.8. The minimum Gasteiger partial charge on any atom is -0.315 e. The van der Waals surface area contributed by atoms with E-state index in [4.69, 9.17) is 0 Å². The maximum Gasteiger partial charge on any atom is 0.282 e. The molecule has 0 aromatic carbocycles. The van der Waals surface area contributed by atoms with Crippen LogP contribution in [0.3, 0.4) is 0 Å². The fourth-order valence-electron chi connectivity index (χ4n) is 3.54. The second-order valence-corrected chi connectivity index (χ2v) is 7.98. The lowest BCUT2D eigenvalue weighted by Gasteiger charge is -2.27. The number of hydrogen-bond acceptors (Lipinski definition) is 4. The van der Waals surface area contributed by atoms with Gasteiger partial charge in [0.2, 0.25) is 0 Å². The van der Waals surface area contributed by atoms with Crippen molar-refractivity contribution in [2.24, 2.45) is 0 Å². The smallest absolute Gasteiger partial charge is 0.282 e. The van der Waals surface area contributed by atoms with Crippen LogP contribution in [0.2, 0.25) is 0 Å². The molecule has 0 aliphatic carbocycles. The second kappa shape index (κ2) is 6.27. The summed E-state index contributed by atoms with van der Waals surface area (Å²) in [5.74, 6) is 0. The van der Waals surface area contributed by atoms with Gasteiger partial charge in [-0.25, -0.2) is 0 Å². The molecule has 0 aromatic rings. The zero-order valence-corrected chi connectivity index (χ0v) is 12.9. The predicted molar refractivity (Wildman–Crippen MR) is 78.8 cm³/mol. The van der Waals surface area contributed by atoms with E-state index in [-0.39, 0.29) is 0 Å². The summed E-state index contributed by atoms with van der Waals surface area (Å²) in [5.41, 5.74) is 0. The number of nitrogens with one attached hydrogen (secondary N) is 1. The van der Waals surface area contributed by atoms with Crippen molar-refractivity contribution in [1.29, 1.82) is 0 Å². The molecule has 0 aromatic heterocycles. The number of rotatable bonds is 3. The quantitative estimate of drug-likeness (QED) is 0.777. The third kappa shape index (κ3) is 3.01. The fourth-order valence-corrected chi connectivity index (χ4v) is 5.24. The molecule has 1 atom stereocenters. The Morgan fingerprint density at radius 1 is 0.850 bits per heavy atom. The largest absolute Gasteiger partial charge is 0.315 e. The summed E-state index contributed by atoms with van der Waals surface area (Å²) >= 11 is 0. The normalized spacial score (nSPS) is 31.7. The van der Waals surface area contributed by atoms with Crippen LogP contribution in [0.5, 0.6) is 0 Å². The Hall–Kier alpha value is -0.210. The lowest BCUT2D eigenvalue weighted by Crippen LogP contribution is -2.45. The highest BCUT2D eigenvalue weighted by atomic mass is 32.2. The van der Waals surface area contributed by atoms with Gasteiger partial charge in [-0.3, -0.25) is 4.90 Å². The van der Waals surface area contributed by atoms with E-state index in [1.165, 1.54) is 12.8 Å². The van der Waals surface area contributed by atoms with Crippen LogP contribution in [0.15, 0.2) is 0 Å². The van der Waals surface area contributed by atoms with E-state index in [1.54, 1.807) is 8.61 Å². The van der Waals surface area contributed by atoms with Crippen molar-refractivity contribution >= 4 is 10.2 Å². The van der Waals surface area contributed by atoms with E-state index in [2.05, 4.69) is 10.2 Å². The van der Waals surface area contributed by atoms with Gasteiger partial charge in [-0.2, -0.15) is 17.0 Å². The van der Waals surface area contributed by atoms with E-state index in [0.717, 1.165) is 39.0 Å². The molecule has 0 bridgehead atoms. The van der Waals surface area contributed by atoms with Crippen LogP contribution in [-0.2, 0) is 10.2 Å². The van der Waals surface area contributed by atoms with Gasteiger partial charge in [0, 0.05) is 38.8 Å². The van der Waals surface area contributed by atoms with E-state index >= 15 is 0 Å². The Labute approximate surface area is 122 Å². The average molecular weight is 302 g/mol. The van der Waals surface area contributed by atoms with Gasteiger partial charge in [-0.05, 0) is 45.3 Å². The Morgan fingerprint density at radius 3 is 2.45 bits per heavy atom. The zero-order chi connectivity index (χ0) is 14.0. The molecule has 0 spiro atoms. The van der Waals surface area contributed by atoms with Crippen molar-refractivity contribution in [3.63, 3.8) is 0 Å². The van der Waals surface area contributed by atoms with E-state index in [9.17, 15) is 8.42 Å². The summed E-state index contributed by atoms with van der Waals surface area (Å²) in [5, 5.41) is 3.26. The van der Waals surface area contributed by atoms with Crippen molar-refractivity contribution < 1.29 is 8.42 Å². The highest BCUT2D eigenvalue weighted by molar-refractivity contribution is 7.86.